The first kappa shape index (κ1) is 14.9. The summed E-state index contributed by atoms with van der Waals surface area (Å²) in [7, 11) is 1.39. The molecule has 0 aliphatic heterocycles. The highest BCUT2D eigenvalue weighted by Crippen LogP contribution is 2.17. The summed E-state index contributed by atoms with van der Waals surface area (Å²) in [4.78, 5) is 21.5. The normalized spacial score (nSPS) is 10.0. The van der Waals surface area contributed by atoms with Gasteiger partial charge in [0.25, 0.3) is 0 Å². The lowest BCUT2D eigenvalue weighted by Gasteiger charge is -2.06. The maximum Gasteiger partial charge on any atom is 0.303 e. The summed E-state index contributed by atoms with van der Waals surface area (Å²) in [6, 6.07) is 4.59. The van der Waals surface area contributed by atoms with Crippen LogP contribution in [-0.2, 0) is 16.0 Å². The Kier molecular flexibility index (Phi) is 5.78. The molecule has 104 valence electrons. The zero-order valence-electron chi connectivity index (χ0n) is 10.6. The highest BCUT2D eigenvalue weighted by Gasteiger charge is 2.06. The van der Waals surface area contributed by atoms with E-state index in [1.807, 2.05) is 0 Å². The molecule has 2 N–H and O–H groups in total. The zero-order chi connectivity index (χ0) is 14.3. The van der Waals surface area contributed by atoms with E-state index in [-0.39, 0.29) is 24.5 Å². The van der Waals surface area contributed by atoms with Crippen LogP contribution in [0, 0.1) is 5.82 Å². The molecule has 0 bridgehead atoms. The predicted molar refractivity (Wildman–Crippen MR) is 66.5 cm³/mol. The molecular weight excluding hydrogens is 253 g/mol. The first-order chi connectivity index (χ1) is 9.02. The summed E-state index contributed by atoms with van der Waals surface area (Å²) in [5, 5.41) is 11.0. The average molecular weight is 269 g/mol. The van der Waals surface area contributed by atoms with Gasteiger partial charge in [0.05, 0.1) is 13.5 Å². The van der Waals surface area contributed by atoms with E-state index in [0.717, 1.165) is 5.56 Å². The highest BCUT2D eigenvalue weighted by atomic mass is 19.1. The minimum Gasteiger partial charge on any atom is -0.494 e. The van der Waals surface area contributed by atoms with Gasteiger partial charge in [-0.2, -0.15) is 0 Å². The molecule has 1 amide bonds. The fourth-order valence-electron chi connectivity index (χ4n) is 1.52. The summed E-state index contributed by atoms with van der Waals surface area (Å²) in [5.74, 6) is -1.60. The molecule has 6 heteroatoms. The third kappa shape index (κ3) is 5.37. The molecule has 0 fully saturated rings. The van der Waals surface area contributed by atoms with Gasteiger partial charge in [0, 0.05) is 13.0 Å². The van der Waals surface area contributed by atoms with E-state index in [9.17, 15) is 14.0 Å². The van der Waals surface area contributed by atoms with Crippen molar-refractivity contribution in [1.29, 1.82) is 0 Å². The minimum atomic E-state index is -1.01. The van der Waals surface area contributed by atoms with Crippen LogP contribution in [0.3, 0.4) is 0 Å². The van der Waals surface area contributed by atoms with Gasteiger partial charge >= 0.3 is 5.97 Å². The number of carbonyl (C=O) groups excluding carboxylic acids is 1. The van der Waals surface area contributed by atoms with E-state index in [1.165, 1.54) is 19.2 Å². The molecule has 0 heterocycles. The van der Waals surface area contributed by atoms with Crippen LogP contribution >= 0.6 is 0 Å². The van der Waals surface area contributed by atoms with E-state index in [2.05, 4.69) is 5.32 Å². The number of carboxylic acid groups (broad SMARTS) is 1. The Bertz CT molecular complexity index is 462. The van der Waals surface area contributed by atoms with Crippen molar-refractivity contribution in [2.45, 2.75) is 19.3 Å². The lowest BCUT2D eigenvalue weighted by atomic mass is 10.1. The Morgan fingerprint density at radius 3 is 2.68 bits per heavy atom. The van der Waals surface area contributed by atoms with Gasteiger partial charge in [0.2, 0.25) is 5.91 Å². The number of ether oxygens (including phenoxy) is 1. The number of nitrogens with one attached hydrogen (secondary N) is 1. The van der Waals surface area contributed by atoms with Crippen LogP contribution in [-0.4, -0.2) is 30.6 Å². The average Bonchev–Trinajstić information content (AvgIpc) is 2.36. The van der Waals surface area contributed by atoms with Crippen LogP contribution in [0.25, 0.3) is 0 Å². The first-order valence-corrected chi connectivity index (χ1v) is 5.84. The number of rotatable bonds is 7. The number of carbonyl (C=O) groups is 2. The minimum absolute atomic E-state index is 0.0493. The van der Waals surface area contributed by atoms with E-state index in [4.69, 9.17) is 9.84 Å². The third-order valence-electron chi connectivity index (χ3n) is 2.52. The molecular formula is C13H16FNO4. The Morgan fingerprint density at radius 1 is 1.37 bits per heavy atom. The Labute approximate surface area is 110 Å². The van der Waals surface area contributed by atoms with Crippen molar-refractivity contribution >= 4 is 11.9 Å². The molecule has 0 radical (unpaired) electrons. The summed E-state index contributed by atoms with van der Waals surface area (Å²) in [5.41, 5.74) is 0.733. The lowest BCUT2D eigenvalue weighted by Crippen LogP contribution is -2.26. The predicted octanol–water partition coefficient (Wildman–Crippen LogP) is 1.36. The van der Waals surface area contributed by atoms with E-state index in [1.54, 1.807) is 6.07 Å². The molecule has 0 saturated carbocycles. The van der Waals surface area contributed by atoms with Gasteiger partial charge in [-0.05, 0) is 24.1 Å². The van der Waals surface area contributed by atoms with Crippen LogP contribution in [0.1, 0.15) is 18.4 Å². The molecule has 0 spiro atoms. The van der Waals surface area contributed by atoms with Gasteiger partial charge in [0.15, 0.2) is 11.6 Å². The van der Waals surface area contributed by atoms with Crippen molar-refractivity contribution in [2.75, 3.05) is 13.7 Å². The smallest absolute Gasteiger partial charge is 0.303 e. The van der Waals surface area contributed by atoms with Gasteiger partial charge in [-0.25, -0.2) is 4.39 Å². The monoisotopic (exact) mass is 269 g/mol. The van der Waals surface area contributed by atoms with Crippen LogP contribution in [0.5, 0.6) is 5.75 Å². The van der Waals surface area contributed by atoms with Crippen molar-refractivity contribution in [2.24, 2.45) is 0 Å². The largest absolute Gasteiger partial charge is 0.494 e. The number of carboxylic acids is 1. The number of aliphatic carboxylic acids is 1. The van der Waals surface area contributed by atoms with Crippen molar-refractivity contribution < 1.29 is 23.8 Å². The van der Waals surface area contributed by atoms with Gasteiger partial charge in [-0.3, -0.25) is 9.59 Å². The molecule has 1 rings (SSSR count). The number of hydrogen-bond acceptors (Lipinski definition) is 3. The topological polar surface area (TPSA) is 75.6 Å². The van der Waals surface area contributed by atoms with Crippen molar-refractivity contribution in [1.82, 2.24) is 5.32 Å². The van der Waals surface area contributed by atoms with E-state index >= 15 is 0 Å². The van der Waals surface area contributed by atoms with Crippen LogP contribution in [0.15, 0.2) is 18.2 Å². The SMILES string of the molecule is COc1ccc(CCNC(=O)CCC(=O)O)cc1F. The van der Waals surface area contributed by atoms with Gasteiger partial charge in [-0.1, -0.05) is 6.07 Å². The van der Waals surface area contributed by atoms with Gasteiger partial charge in [0.1, 0.15) is 0 Å². The molecule has 0 aromatic heterocycles. The Morgan fingerprint density at radius 2 is 2.11 bits per heavy atom. The molecule has 0 atom stereocenters. The first-order valence-electron chi connectivity index (χ1n) is 5.84. The highest BCUT2D eigenvalue weighted by molar-refractivity contribution is 5.80. The maximum atomic E-state index is 13.4. The van der Waals surface area contributed by atoms with Gasteiger partial charge in [-0.15, -0.1) is 0 Å². The van der Waals surface area contributed by atoms with Crippen molar-refractivity contribution in [3.63, 3.8) is 0 Å². The lowest BCUT2D eigenvalue weighted by molar-refractivity contribution is -0.138. The number of hydrogen-bond donors (Lipinski definition) is 2. The molecule has 0 aliphatic carbocycles. The van der Waals surface area contributed by atoms with Gasteiger partial charge < -0.3 is 15.2 Å². The second kappa shape index (κ2) is 7.35. The number of halogens is 1. The molecule has 5 nitrogen and oxygen atoms in total. The number of methoxy groups -OCH3 is 1. The molecule has 1 aromatic carbocycles. The number of benzene rings is 1. The summed E-state index contributed by atoms with van der Waals surface area (Å²) in [6.45, 7) is 0.338. The summed E-state index contributed by atoms with van der Waals surface area (Å²) < 4.78 is 18.2. The van der Waals surface area contributed by atoms with E-state index in [0.29, 0.717) is 13.0 Å². The molecule has 1 aromatic rings. The molecule has 0 aliphatic rings. The second-order valence-corrected chi connectivity index (χ2v) is 3.96. The standard InChI is InChI=1S/C13H16FNO4/c1-19-11-3-2-9(8-10(11)14)6-7-15-12(16)4-5-13(17)18/h2-3,8H,4-7H2,1H3,(H,15,16)(H,17,18). The Balaban J connectivity index is 2.35. The van der Waals surface area contributed by atoms with Crippen LogP contribution in [0.4, 0.5) is 4.39 Å². The molecule has 19 heavy (non-hydrogen) atoms. The van der Waals surface area contributed by atoms with Crippen LogP contribution in [0.2, 0.25) is 0 Å². The fourth-order valence-corrected chi connectivity index (χ4v) is 1.52. The van der Waals surface area contributed by atoms with E-state index < -0.39 is 11.8 Å². The van der Waals surface area contributed by atoms with Crippen molar-refractivity contribution in [3.05, 3.63) is 29.6 Å². The summed E-state index contributed by atoms with van der Waals surface area (Å²) >= 11 is 0. The zero-order valence-corrected chi connectivity index (χ0v) is 10.6. The fraction of sp³-hybridized carbons (Fsp3) is 0.385. The molecule has 0 saturated heterocycles. The molecule has 0 unspecified atom stereocenters. The maximum absolute atomic E-state index is 13.4. The summed E-state index contributed by atoms with van der Waals surface area (Å²) in [6.07, 6.45) is 0.231. The quantitative estimate of drug-likeness (QED) is 0.783. The Hall–Kier alpha value is -2.11. The van der Waals surface area contributed by atoms with Crippen LogP contribution < -0.4 is 10.1 Å². The second-order valence-electron chi connectivity index (χ2n) is 3.96. The number of amides is 1. The third-order valence-corrected chi connectivity index (χ3v) is 2.52. The van der Waals surface area contributed by atoms with Crippen molar-refractivity contribution in [3.8, 4) is 5.75 Å².